The largest absolute Gasteiger partial charge is 0.494 e. The lowest BCUT2D eigenvalue weighted by Crippen LogP contribution is -2.87. The maximum Gasteiger partial charge on any atom is 0.267 e. The van der Waals surface area contributed by atoms with Crippen LogP contribution in [-0.4, -0.2) is 25.8 Å². The number of aromatic hydroxyl groups is 1. The maximum absolute atomic E-state index is 12.8. The molecule has 0 unspecified atom stereocenters. The van der Waals surface area contributed by atoms with Crippen molar-refractivity contribution in [3.63, 3.8) is 0 Å². The van der Waals surface area contributed by atoms with Crippen LogP contribution in [0.2, 0.25) is 0 Å². The summed E-state index contributed by atoms with van der Waals surface area (Å²) in [6.07, 6.45) is 0.933. The summed E-state index contributed by atoms with van der Waals surface area (Å²) in [5.41, 5.74) is 3.41. The predicted molar refractivity (Wildman–Crippen MR) is 93.8 cm³/mol. The van der Waals surface area contributed by atoms with E-state index in [0.29, 0.717) is 10.3 Å². The fraction of sp³-hybridized carbons (Fsp3) is 0.294. The molecule has 3 heterocycles. The normalized spacial score (nSPS) is 17.2. The standard InChI is InChI=1S/C17H18N4O2S/c1-20-15(22)12(16(23)21(2)17(20)24)14-13-10(7-8-18-14)9-5-3-4-6-11(9)19-13/h3-6,14,18-19,22H,7-8H2,1-2H3/p+1/t14-/m1/s1. The molecular formula is C17H19N4O2S+. The molecular weight excluding hydrogens is 324 g/mol. The smallest absolute Gasteiger partial charge is 0.267 e. The second-order valence-corrected chi connectivity index (χ2v) is 6.62. The Labute approximate surface area is 143 Å². The van der Waals surface area contributed by atoms with Crippen molar-refractivity contribution in [1.29, 1.82) is 0 Å². The molecule has 3 aromatic rings. The van der Waals surface area contributed by atoms with Gasteiger partial charge >= 0.3 is 0 Å². The first kappa shape index (κ1) is 15.2. The molecule has 24 heavy (non-hydrogen) atoms. The summed E-state index contributed by atoms with van der Waals surface area (Å²) in [6.45, 7) is 0.863. The van der Waals surface area contributed by atoms with Gasteiger partial charge in [-0.15, -0.1) is 0 Å². The third kappa shape index (κ3) is 1.98. The van der Waals surface area contributed by atoms with Crippen molar-refractivity contribution in [2.24, 2.45) is 14.1 Å². The number of fused-ring (bicyclic) bond motifs is 3. The molecule has 1 aliphatic heterocycles. The molecule has 1 aromatic carbocycles. The zero-order valence-electron chi connectivity index (χ0n) is 13.5. The molecule has 0 aliphatic carbocycles. The van der Waals surface area contributed by atoms with Crippen LogP contribution in [0.5, 0.6) is 5.88 Å². The minimum absolute atomic E-state index is 0.0594. The number of hydrogen-bond acceptors (Lipinski definition) is 3. The van der Waals surface area contributed by atoms with Gasteiger partial charge in [0.1, 0.15) is 5.56 Å². The van der Waals surface area contributed by atoms with Crippen LogP contribution in [0.1, 0.15) is 22.9 Å². The zero-order valence-corrected chi connectivity index (χ0v) is 14.4. The molecule has 0 radical (unpaired) electrons. The highest BCUT2D eigenvalue weighted by atomic mass is 32.1. The topological polar surface area (TPSA) is 79.6 Å². The summed E-state index contributed by atoms with van der Waals surface area (Å²) in [5.74, 6) is -0.0594. The lowest BCUT2D eigenvalue weighted by atomic mass is 9.95. The van der Waals surface area contributed by atoms with Crippen molar-refractivity contribution in [3.05, 3.63) is 56.2 Å². The number of nitrogens with two attached hydrogens (primary N) is 1. The SMILES string of the molecule is Cn1c(O)c([C@H]2[NH2+]CCc3c2[nH]c2ccccc32)c(=O)n(C)c1=S. The summed E-state index contributed by atoms with van der Waals surface area (Å²) >= 11 is 5.21. The van der Waals surface area contributed by atoms with Crippen molar-refractivity contribution in [3.8, 4) is 5.88 Å². The van der Waals surface area contributed by atoms with Crippen LogP contribution in [0, 0.1) is 4.77 Å². The summed E-state index contributed by atoms with van der Waals surface area (Å²) in [4.78, 5) is 16.2. The van der Waals surface area contributed by atoms with Crippen molar-refractivity contribution in [2.75, 3.05) is 6.54 Å². The number of quaternary nitrogens is 1. The van der Waals surface area contributed by atoms with E-state index in [2.05, 4.69) is 16.4 Å². The Kier molecular flexibility index (Phi) is 3.36. The Morgan fingerprint density at radius 1 is 1.29 bits per heavy atom. The van der Waals surface area contributed by atoms with Gasteiger partial charge in [-0.2, -0.15) is 0 Å². The molecule has 2 aromatic heterocycles. The first-order valence-electron chi connectivity index (χ1n) is 7.92. The molecule has 0 amide bonds. The van der Waals surface area contributed by atoms with Gasteiger partial charge in [0, 0.05) is 31.4 Å². The Morgan fingerprint density at radius 3 is 2.83 bits per heavy atom. The van der Waals surface area contributed by atoms with E-state index in [-0.39, 0.29) is 17.5 Å². The molecule has 1 aliphatic rings. The Balaban J connectivity index is 2.02. The number of nitrogens with one attached hydrogen (secondary N) is 1. The van der Waals surface area contributed by atoms with Crippen LogP contribution in [0.15, 0.2) is 29.1 Å². The number of nitrogens with zero attached hydrogens (tertiary/aromatic N) is 2. The van der Waals surface area contributed by atoms with E-state index < -0.39 is 0 Å². The van der Waals surface area contributed by atoms with Gasteiger partial charge < -0.3 is 15.4 Å². The van der Waals surface area contributed by atoms with Gasteiger partial charge in [-0.3, -0.25) is 13.9 Å². The Bertz CT molecular complexity index is 1080. The lowest BCUT2D eigenvalue weighted by molar-refractivity contribution is -0.690. The maximum atomic E-state index is 12.8. The number of rotatable bonds is 1. The second-order valence-electron chi connectivity index (χ2n) is 6.26. The van der Waals surface area contributed by atoms with E-state index in [1.54, 1.807) is 14.1 Å². The van der Waals surface area contributed by atoms with Crippen LogP contribution in [0.25, 0.3) is 10.9 Å². The fourth-order valence-electron chi connectivity index (χ4n) is 3.66. The fourth-order valence-corrected chi connectivity index (χ4v) is 3.83. The monoisotopic (exact) mass is 343 g/mol. The highest BCUT2D eigenvalue weighted by Crippen LogP contribution is 2.32. The minimum atomic E-state index is -0.262. The summed E-state index contributed by atoms with van der Waals surface area (Å²) in [5, 5.41) is 13.9. The molecule has 7 heteroatoms. The van der Waals surface area contributed by atoms with Crippen molar-refractivity contribution >= 4 is 23.1 Å². The van der Waals surface area contributed by atoms with Crippen molar-refractivity contribution in [2.45, 2.75) is 12.5 Å². The molecule has 0 fully saturated rings. The second kappa shape index (κ2) is 5.32. The lowest BCUT2D eigenvalue weighted by Gasteiger charge is -2.23. The number of aromatic nitrogens is 3. The number of hydrogen-bond donors (Lipinski definition) is 3. The van der Waals surface area contributed by atoms with E-state index in [0.717, 1.165) is 24.2 Å². The molecule has 0 saturated heterocycles. The van der Waals surface area contributed by atoms with Crippen LogP contribution in [0.3, 0.4) is 0 Å². The predicted octanol–water partition coefficient (Wildman–Crippen LogP) is 0.849. The first-order valence-corrected chi connectivity index (χ1v) is 8.33. The highest BCUT2D eigenvalue weighted by molar-refractivity contribution is 7.71. The molecule has 0 spiro atoms. The number of aromatic amines is 1. The van der Waals surface area contributed by atoms with Gasteiger partial charge in [-0.1, -0.05) is 18.2 Å². The molecule has 1 atom stereocenters. The van der Waals surface area contributed by atoms with Crippen LogP contribution in [-0.2, 0) is 20.5 Å². The number of H-pyrrole nitrogens is 1. The van der Waals surface area contributed by atoms with Gasteiger partial charge in [0.25, 0.3) is 5.56 Å². The zero-order chi connectivity index (χ0) is 17.0. The van der Waals surface area contributed by atoms with E-state index in [9.17, 15) is 9.90 Å². The summed E-state index contributed by atoms with van der Waals surface area (Å²) in [7, 11) is 3.32. The molecule has 6 nitrogen and oxygen atoms in total. The summed E-state index contributed by atoms with van der Waals surface area (Å²) < 4.78 is 3.19. The van der Waals surface area contributed by atoms with E-state index in [1.807, 2.05) is 18.2 Å². The van der Waals surface area contributed by atoms with Crippen molar-refractivity contribution in [1.82, 2.24) is 14.1 Å². The molecule has 124 valence electrons. The third-order valence-corrected chi connectivity index (χ3v) is 5.48. The average Bonchev–Trinajstić information content (AvgIpc) is 2.98. The van der Waals surface area contributed by atoms with Gasteiger partial charge in [0.15, 0.2) is 10.8 Å². The van der Waals surface area contributed by atoms with Crippen molar-refractivity contribution < 1.29 is 10.4 Å². The Hall–Kier alpha value is -2.38. The number of benzene rings is 1. The van der Waals surface area contributed by atoms with E-state index >= 15 is 0 Å². The molecule has 0 saturated carbocycles. The first-order chi connectivity index (χ1) is 11.5. The highest BCUT2D eigenvalue weighted by Gasteiger charge is 2.34. The van der Waals surface area contributed by atoms with E-state index in [4.69, 9.17) is 12.2 Å². The van der Waals surface area contributed by atoms with Gasteiger partial charge in [-0.05, 0) is 23.8 Å². The minimum Gasteiger partial charge on any atom is -0.494 e. The average molecular weight is 343 g/mol. The van der Waals surface area contributed by atoms with Gasteiger partial charge in [-0.25, -0.2) is 0 Å². The molecule has 4 N–H and O–H groups in total. The van der Waals surface area contributed by atoms with Crippen LogP contribution >= 0.6 is 12.2 Å². The van der Waals surface area contributed by atoms with E-state index in [1.165, 1.54) is 20.1 Å². The van der Waals surface area contributed by atoms with Gasteiger partial charge in [0.05, 0.1) is 12.2 Å². The Morgan fingerprint density at radius 2 is 2.04 bits per heavy atom. The third-order valence-electron chi connectivity index (χ3n) is 4.93. The van der Waals surface area contributed by atoms with Crippen LogP contribution in [0.4, 0.5) is 0 Å². The number of para-hydroxylation sites is 1. The molecule has 0 bridgehead atoms. The van der Waals surface area contributed by atoms with Crippen LogP contribution < -0.4 is 10.9 Å². The quantitative estimate of drug-likeness (QED) is 0.573. The van der Waals surface area contributed by atoms with Gasteiger partial charge in [0.2, 0.25) is 5.88 Å². The summed E-state index contributed by atoms with van der Waals surface area (Å²) in [6, 6.07) is 7.88. The molecule has 4 rings (SSSR count).